The Morgan fingerprint density at radius 3 is 2.67 bits per heavy atom. The van der Waals surface area contributed by atoms with Crippen LogP contribution in [0.25, 0.3) is 10.9 Å². The summed E-state index contributed by atoms with van der Waals surface area (Å²) in [5.41, 5.74) is 1.40. The Morgan fingerprint density at radius 1 is 1.29 bits per heavy atom. The molecule has 6 heteroatoms. The molecule has 2 aromatic rings. The highest BCUT2D eigenvalue weighted by molar-refractivity contribution is 6.02. The van der Waals surface area contributed by atoms with Gasteiger partial charge < -0.3 is 14.7 Å². The highest BCUT2D eigenvalue weighted by Gasteiger charge is 2.25. The van der Waals surface area contributed by atoms with Gasteiger partial charge in [-0.25, -0.2) is 4.79 Å². The molecular weight excluding hydrogens is 270 g/mol. The summed E-state index contributed by atoms with van der Waals surface area (Å²) in [6, 6.07) is 7.51. The molecule has 0 aliphatic carbocycles. The van der Waals surface area contributed by atoms with Crippen LogP contribution in [0.5, 0.6) is 0 Å². The topological polar surface area (TPSA) is 75.5 Å². The van der Waals surface area contributed by atoms with Crippen LogP contribution in [0.15, 0.2) is 24.3 Å². The number of hydrogen-bond donors (Lipinski definition) is 1. The zero-order valence-corrected chi connectivity index (χ0v) is 11.8. The SMILES string of the molecule is COC1CCN(c2c(C(=O)O)nnc3ccccc23)CC1. The molecule has 21 heavy (non-hydrogen) atoms. The van der Waals surface area contributed by atoms with Gasteiger partial charge in [-0.3, -0.25) is 0 Å². The average Bonchev–Trinajstić information content (AvgIpc) is 2.53. The summed E-state index contributed by atoms with van der Waals surface area (Å²) in [4.78, 5) is 13.6. The van der Waals surface area contributed by atoms with E-state index in [2.05, 4.69) is 15.1 Å². The molecule has 2 heterocycles. The number of carboxylic acids is 1. The lowest BCUT2D eigenvalue weighted by Crippen LogP contribution is -2.37. The van der Waals surface area contributed by atoms with Gasteiger partial charge >= 0.3 is 5.97 Å². The molecule has 110 valence electrons. The normalized spacial score (nSPS) is 16.3. The van der Waals surface area contributed by atoms with Crippen LogP contribution in [0.1, 0.15) is 23.3 Å². The Bertz CT molecular complexity index is 666. The molecular formula is C15H17N3O3. The molecule has 0 atom stereocenters. The predicted octanol–water partition coefficient (Wildman–Crippen LogP) is 1.94. The predicted molar refractivity (Wildman–Crippen MR) is 78.7 cm³/mol. The Kier molecular flexibility index (Phi) is 3.70. The number of carbonyl (C=O) groups is 1. The molecule has 3 rings (SSSR count). The smallest absolute Gasteiger partial charge is 0.358 e. The van der Waals surface area contributed by atoms with Crippen molar-refractivity contribution in [3.05, 3.63) is 30.0 Å². The maximum atomic E-state index is 11.5. The summed E-state index contributed by atoms with van der Waals surface area (Å²) in [7, 11) is 1.71. The second kappa shape index (κ2) is 5.65. The quantitative estimate of drug-likeness (QED) is 0.929. The van der Waals surface area contributed by atoms with Crippen LogP contribution in [0.3, 0.4) is 0 Å². The van der Waals surface area contributed by atoms with E-state index in [1.54, 1.807) is 7.11 Å². The zero-order valence-electron chi connectivity index (χ0n) is 11.8. The molecule has 1 fully saturated rings. The lowest BCUT2D eigenvalue weighted by atomic mass is 10.0. The summed E-state index contributed by atoms with van der Waals surface area (Å²) in [6.07, 6.45) is 2.01. The number of ether oxygens (including phenoxy) is 1. The van der Waals surface area contributed by atoms with Gasteiger partial charge in [-0.05, 0) is 18.9 Å². The first-order valence-corrected chi connectivity index (χ1v) is 6.97. The first-order chi connectivity index (χ1) is 10.2. The van der Waals surface area contributed by atoms with Crippen molar-refractivity contribution in [2.24, 2.45) is 0 Å². The van der Waals surface area contributed by atoms with Gasteiger partial charge in [0, 0.05) is 25.6 Å². The highest BCUT2D eigenvalue weighted by atomic mass is 16.5. The van der Waals surface area contributed by atoms with E-state index < -0.39 is 5.97 Å². The minimum atomic E-state index is -1.04. The summed E-state index contributed by atoms with van der Waals surface area (Å²) >= 11 is 0. The fourth-order valence-corrected chi connectivity index (χ4v) is 2.82. The van der Waals surface area contributed by atoms with Crippen LogP contribution in [0.4, 0.5) is 5.69 Å². The average molecular weight is 287 g/mol. The van der Waals surface area contributed by atoms with E-state index in [4.69, 9.17) is 4.74 Å². The number of benzene rings is 1. The third-order valence-electron chi connectivity index (χ3n) is 3.94. The second-order valence-electron chi connectivity index (χ2n) is 5.14. The van der Waals surface area contributed by atoms with Crippen molar-refractivity contribution in [1.82, 2.24) is 10.2 Å². The minimum Gasteiger partial charge on any atom is -0.476 e. The Hall–Kier alpha value is -2.21. The van der Waals surface area contributed by atoms with Crippen molar-refractivity contribution in [2.45, 2.75) is 18.9 Å². The fourth-order valence-electron chi connectivity index (χ4n) is 2.82. The van der Waals surface area contributed by atoms with E-state index in [9.17, 15) is 9.90 Å². The number of aromatic nitrogens is 2. The molecule has 1 aromatic heterocycles. The van der Waals surface area contributed by atoms with E-state index in [1.165, 1.54) is 0 Å². The summed E-state index contributed by atoms with van der Waals surface area (Å²) in [5, 5.41) is 18.1. The van der Waals surface area contributed by atoms with E-state index in [0.29, 0.717) is 11.2 Å². The number of anilines is 1. The van der Waals surface area contributed by atoms with Gasteiger partial charge in [0.05, 0.1) is 17.3 Å². The number of carboxylic acid groups (broad SMARTS) is 1. The number of aromatic carboxylic acids is 1. The lowest BCUT2D eigenvalue weighted by molar-refractivity contribution is 0.0689. The standard InChI is InChI=1S/C15H17N3O3/c1-21-10-6-8-18(9-7-10)14-11-4-2-3-5-12(11)16-17-13(14)15(19)20/h2-5,10H,6-9H2,1H3,(H,19,20). The molecule has 1 saturated heterocycles. The Labute approximate surface area is 122 Å². The van der Waals surface area contributed by atoms with Crippen molar-refractivity contribution in [2.75, 3.05) is 25.1 Å². The maximum absolute atomic E-state index is 11.5. The number of hydrogen-bond acceptors (Lipinski definition) is 5. The highest BCUT2D eigenvalue weighted by Crippen LogP contribution is 2.30. The van der Waals surface area contributed by atoms with E-state index in [1.807, 2.05) is 24.3 Å². The van der Waals surface area contributed by atoms with Crippen molar-refractivity contribution in [3.8, 4) is 0 Å². The van der Waals surface area contributed by atoms with Crippen LogP contribution < -0.4 is 4.90 Å². The van der Waals surface area contributed by atoms with Gasteiger partial charge in [-0.2, -0.15) is 0 Å². The van der Waals surface area contributed by atoms with Crippen molar-refractivity contribution >= 4 is 22.6 Å². The van der Waals surface area contributed by atoms with Crippen LogP contribution in [0, 0.1) is 0 Å². The molecule has 1 N–H and O–H groups in total. The number of fused-ring (bicyclic) bond motifs is 1. The maximum Gasteiger partial charge on any atom is 0.358 e. The molecule has 1 aromatic carbocycles. The largest absolute Gasteiger partial charge is 0.476 e. The van der Waals surface area contributed by atoms with Gasteiger partial charge in [0.1, 0.15) is 0 Å². The van der Waals surface area contributed by atoms with Crippen LogP contribution in [-0.4, -0.2) is 47.6 Å². The zero-order chi connectivity index (χ0) is 14.8. The molecule has 1 aliphatic rings. The van der Waals surface area contributed by atoms with E-state index in [-0.39, 0.29) is 11.8 Å². The minimum absolute atomic E-state index is 0.0181. The Morgan fingerprint density at radius 2 is 2.00 bits per heavy atom. The molecule has 0 spiro atoms. The second-order valence-corrected chi connectivity index (χ2v) is 5.14. The monoisotopic (exact) mass is 287 g/mol. The van der Waals surface area contributed by atoms with Gasteiger partial charge in [0.25, 0.3) is 0 Å². The summed E-state index contributed by atoms with van der Waals surface area (Å²) in [6.45, 7) is 1.52. The van der Waals surface area contributed by atoms with Gasteiger partial charge in [0.2, 0.25) is 0 Å². The van der Waals surface area contributed by atoms with Crippen LogP contribution in [0.2, 0.25) is 0 Å². The van der Waals surface area contributed by atoms with Crippen LogP contribution >= 0.6 is 0 Å². The number of piperidine rings is 1. The molecule has 0 saturated carbocycles. The molecule has 6 nitrogen and oxygen atoms in total. The van der Waals surface area contributed by atoms with Gasteiger partial charge in [0.15, 0.2) is 5.69 Å². The number of rotatable bonds is 3. The fraction of sp³-hybridized carbons (Fsp3) is 0.400. The summed E-state index contributed by atoms with van der Waals surface area (Å²) < 4.78 is 5.37. The molecule has 1 aliphatic heterocycles. The first kappa shape index (κ1) is 13.8. The van der Waals surface area contributed by atoms with Crippen molar-refractivity contribution in [3.63, 3.8) is 0 Å². The number of methoxy groups -OCH3 is 1. The first-order valence-electron chi connectivity index (χ1n) is 6.97. The number of nitrogens with zero attached hydrogens (tertiary/aromatic N) is 3. The molecule has 0 bridgehead atoms. The third kappa shape index (κ3) is 2.54. The summed E-state index contributed by atoms with van der Waals surface area (Å²) in [5.74, 6) is -1.04. The molecule has 0 radical (unpaired) electrons. The molecule has 0 unspecified atom stereocenters. The molecule has 0 amide bonds. The van der Waals surface area contributed by atoms with Gasteiger partial charge in [-0.15, -0.1) is 10.2 Å². The van der Waals surface area contributed by atoms with E-state index >= 15 is 0 Å². The van der Waals surface area contributed by atoms with E-state index in [0.717, 1.165) is 31.3 Å². The third-order valence-corrected chi connectivity index (χ3v) is 3.94. The van der Waals surface area contributed by atoms with Crippen molar-refractivity contribution in [1.29, 1.82) is 0 Å². The van der Waals surface area contributed by atoms with Gasteiger partial charge in [-0.1, -0.05) is 18.2 Å². The van der Waals surface area contributed by atoms with Crippen molar-refractivity contribution < 1.29 is 14.6 Å². The lowest BCUT2D eigenvalue weighted by Gasteiger charge is -2.33. The Balaban J connectivity index is 2.07. The van der Waals surface area contributed by atoms with Crippen LogP contribution in [-0.2, 0) is 4.74 Å².